The van der Waals surface area contributed by atoms with Gasteiger partial charge in [-0.25, -0.2) is 0 Å². The lowest BCUT2D eigenvalue weighted by Gasteiger charge is -2.09. The summed E-state index contributed by atoms with van der Waals surface area (Å²) in [5.41, 5.74) is 1.73. The van der Waals surface area contributed by atoms with E-state index in [0.29, 0.717) is 18.0 Å². The summed E-state index contributed by atoms with van der Waals surface area (Å²) in [7, 11) is 0. The van der Waals surface area contributed by atoms with Gasteiger partial charge >= 0.3 is 0 Å². The van der Waals surface area contributed by atoms with Gasteiger partial charge in [-0.3, -0.25) is 9.78 Å². The van der Waals surface area contributed by atoms with E-state index in [1.165, 1.54) is 0 Å². The quantitative estimate of drug-likeness (QED) is 0.690. The van der Waals surface area contributed by atoms with Crippen molar-refractivity contribution in [2.45, 2.75) is 40.0 Å². The summed E-state index contributed by atoms with van der Waals surface area (Å²) in [5, 5.41) is 0. The van der Waals surface area contributed by atoms with Crippen molar-refractivity contribution in [3.8, 4) is 0 Å². The second kappa shape index (κ2) is 5.64. The molecule has 1 atom stereocenters. The molecular weight excluding hydrogens is 186 g/mol. The lowest BCUT2D eigenvalue weighted by atomic mass is 9.98. The van der Waals surface area contributed by atoms with Crippen molar-refractivity contribution in [3.05, 3.63) is 29.6 Å². The zero-order valence-corrected chi connectivity index (χ0v) is 9.79. The number of ketones is 1. The monoisotopic (exact) mass is 205 g/mol. The molecule has 15 heavy (non-hydrogen) atoms. The van der Waals surface area contributed by atoms with Gasteiger partial charge in [-0.1, -0.05) is 33.3 Å². The zero-order valence-electron chi connectivity index (χ0n) is 9.79. The predicted octanol–water partition coefficient (Wildman–Crippen LogP) is 3.26. The Hall–Kier alpha value is -1.18. The molecule has 0 amide bonds. The Morgan fingerprint density at radius 2 is 2.20 bits per heavy atom. The second-order valence-corrected chi connectivity index (χ2v) is 4.01. The standard InChI is InChI=1S/C13H19NO/c1-4-10(3)9-12(15)13-11(5-2)7-6-8-14-13/h6-8,10H,4-5,9H2,1-3H3. The molecular formula is C13H19NO. The van der Waals surface area contributed by atoms with Crippen LogP contribution in [-0.2, 0) is 6.42 Å². The van der Waals surface area contributed by atoms with Crippen molar-refractivity contribution in [1.29, 1.82) is 0 Å². The summed E-state index contributed by atoms with van der Waals surface area (Å²) in [6, 6.07) is 3.87. The van der Waals surface area contributed by atoms with E-state index in [1.54, 1.807) is 6.20 Å². The average Bonchev–Trinajstić information content (AvgIpc) is 2.28. The zero-order chi connectivity index (χ0) is 11.3. The Balaban J connectivity index is 2.81. The minimum atomic E-state index is 0.182. The van der Waals surface area contributed by atoms with Crippen molar-refractivity contribution in [1.82, 2.24) is 4.98 Å². The van der Waals surface area contributed by atoms with E-state index in [4.69, 9.17) is 0 Å². The molecule has 0 radical (unpaired) electrons. The molecule has 82 valence electrons. The Labute approximate surface area is 91.7 Å². The Morgan fingerprint density at radius 3 is 2.80 bits per heavy atom. The molecule has 0 saturated carbocycles. The number of pyridine rings is 1. The first kappa shape index (κ1) is 11.9. The molecule has 0 spiro atoms. The highest BCUT2D eigenvalue weighted by molar-refractivity contribution is 5.95. The summed E-state index contributed by atoms with van der Waals surface area (Å²) in [6.45, 7) is 6.26. The molecule has 0 bridgehead atoms. The fourth-order valence-electron chi connectivity index (χ4n) is 1.53. The minimum Gasteiger partial charge on any atom is -0.292 e. The molecule has 1 aromatic rings. The van der Waals surface area contributed by atoms with Crippen molar-refractivity contribution in [3.63, 3.8) is 0 Å². The highest BCUT2D eigenvalue weighted by Crippen LogP contribution is 2.14. The first-order valence-electron chi connectivity index (χ1n) is 5.66. The number of aryl methyl sites for hydroxylation is 1. The third-order valence-electron chi connectivity index (χ3n) is 2.77. The molecule has 1 unspecified atom stereocenters. The Morgan fingerprint density at radius 1 is 1.47 bits per heavy atom. The summed E-state index contributed by atoms with van der Waals surface area (Å²) < 4.78 is 0. The SMILES string of the molecule is CCc1cccnc1C(=O)CC(C)CC. The molecule has 2 nitrogen and oxygen atoms in total. The first-order valence-corrected chi connectivity index (χ1v) is 5.66. The normalized spacial score (nSPS) is 12.5. The lowest BCUT2D eigenvalue weighted by Crippen LogP contribution is -2.10. The Bertz CT molecular complexity index is 333. The second-order valence-electron chi connectivity index (χ2n) is 4.01. The topological polar surface area (TPSA) is 30.0 Å². The van der Waals surface area contributed by atoms with Gasteiger partial charge in [0.25, 0.3) is 0 Å². The van der Waals surface area contributed by atoms with Crippen molar-refractivity contribution in [2.24, 2.45) is 5.92 Å². The first-order chi connectivity index (χ1) is 7.19. The maximum Gasteiger partial charge on any atom is 0.181 e. The summed E-state index contributed by atoms with van der Waals surface area (Å²) in [4.78, 5) is 16.1. The fourth-order valence-corrected chi connectivity index (χ4v) is 1.53. The van der Waals surface area contributed by atoms with Gasteiger partial charge in [0.2, 0.25) is 0 Å². The van der Waals surface area contributed by atoms with Gasteiger partial charge in [-0.05, 0) is 24.0 Å². The maximum atomic E-state index is 11.9. The van der Waals surface area contributed by atoms with Crippen LogP contribution in [0.5, 0.6) is 0 Å². The van der Waals surface area contributed by atoms with Crippen LogP contribution in [-0.4, -0.2) is 10.8 Å². The van der Waals surface area contributed by atoms with E-state index >= 15 is 0 Å². The largest absolute Gasteiger partial charge is 0.292 e. The van der Waals surface area contributed by atoms with Gasteiger partial charge in [-0.2, -0.15) is 0 Å². The van der Waals surface area contributed by atoms with Gasteiger partial charge in [0.15, 0.2) is 5.78 Å². The highest BCUT2D eigenvalue weighted by Gasteiger charge is 2.13. The van der Waals surface area contributed by atoms with Crippen LogP contribution < -0.4 is 0 Å². The molecule has 0 N–H and O–H groups in total. The Kier molecular flexibility index (Phi) is 4.47. The van der Waals surface area contributed by atoms with Crippen molar-refractivity contribution < 1.29 is 4.79 Å². The van der Waals surface area contributed by atoms with E-state index in [0.717, 1.165) is 18.4 Å². The molecule has 0 aromatic carbocycles. The maximum absolute atomic E-state index is 11.9. The molecule has 0 aliphatic carbocycles. The van der Waals surface area contributed by atoms with Crippen molar-refractivity contribution >= 4 is 5.78 Å². The van der Waals surface area contributed by atoms with E-state index < -0.39 is 0 Å². The van der Waals surface area contributed by atoms with Gasteiger partial charge in [-0.15, -0.1) is 0 Å². The molecule has 1 heterocycles. The molecule has 2 heteroatoms. The predicted molar refractivity (Wildman–Crippen MR) is 62.0 cm³/mol. The summed E-state index contributed by atoms with van der Waals surface area (Å²) in [6.07, 6.45) is 4.22. The van der Waals surface area contributed by atoms with Crippen LogP contribution in [0.25, 0.3) is 0 Å². The lowest BCUT2D eigenvalue weighted by molar-refractivity contribution is 0.0958. The number of rotatable bonds is 5. The number of carbonyl (C=O) groups excluding carboxylic acids is 1. The van der Waals surface area contributed by atoms with Gasteiger partial charge in [0.05, 0.1) is 0 Å². The number of hydrogen-bond donors (Lipinski definition) is 0. The number of aromatic nitrogens is 1. The number of nitrogens with zero attached hydrogens (tertiary/aromatic N) is 1. The molecule has 1 rings (SSSR count). The van der Waals surface area contributed by atoms with E-state index in [-0.39, 0.29) is 5.78 Å². The van der Waals surface area contributed by atoms with E-state index in [2.05, 4.69) is 25.8 Å². The van der Waals surface area contributed by atoms with Crippen LogP contribution in [0.3, 0.4) is 0 Å². The van der Waals surface area contributed by atoms with Crippen LogP contribution in [0.15, 0.2) is 18.3 Å². The molecule has 0 fully saturated rings. The van der Waals surface area contributed by atoms with Crippen LogP contribution in [0.4, 0.5) is 0 Å². The third kappa shape index (κ3) is 3.15. The summed E-state index contributed by atoms with van der Waals surface area (Å²) >= 11 is 0. The molecule has 0 saturated heterocycles. The molecule has 0 aliphatic heterocycles. The average molecular weight is 205 g/mol. The van der Waals surface area contributed by atoms with Gasteiger partial charge in [0, 0.05) is 12.6 Å². The van der Waals surface area contributed by atoms with Gasteiger partial charge in [0.1, 0.15) is 5.69 Å². The van der Waals surface area contributed by atoms with Crippen LogP contribution >= 0.6 is 0 Å². The number of carbonyl (C=O) groups is 1. The van der Waals surface area contributed by atoms with Crippen LogP contribution in [0.1, 0.15) is 49.7 Å². The van der Waals surface area contributed by atoms with Crippen LogP contribution in [0.2, 0.25) is 0 Å². The van der Waals surface area contributed by atoms with E-state index in [1.807, 2.05) is 12.1 Å². The fraction of sp³-hybridized carbons (Fsp3) is 0.538. The smallest absolute Gasteiger partial charge is 0.181 e. The highest BCUT2D eigenvalue weighted by atomic mass is 16.1. The van der Waals surface area contributed by atoms with E-state index in [9.17, 15) is 4.79 Å². The number of Topliss-reactive ketones (excluding diaryl/α,β-unsaturated/α-hetero) is 1. The third-order valence-corrected chi connectivity index (χ3v) is 2.77. The van der Waals surface area contributed by atoms with Gasteiger partial charge < -0.3 is 0 Å². The minimum absolute atomic E-state index is 0.182. The number of hydrogen-bond acceptors (Lipinski definition) is 2. The molecule has 1 aromatic heterocycles. The molecule has 0 aliphatic rings. The summed E-state index contributed by atoms with van der Waals surface area (Å²) in [5.74, 6) is 0.631. The van der Waals surface area contributed by atoms with Crippen LogP contribution in [0, 0.1) is 5.92 Å². The van der Waals surface area contributed by atoms with Crippen molar-refractivity contribution in [2.75, 3.05) is 0 Å².